The SMILES string of the molecule is CC.CC.Cc1cncc(OCC(N)CN)c1. The van der Waals surface area contributed by atoms with Crippen molar-refractivity contribution in [1.29, 1.82) is 0 Å². The Labute approximate surface area is 105 Å². The van der Waals surface area contributed by atoms with Crippen LogP contribution in [0.15, 0.2) is 18.5 Å². The molecule has 1 heterocycles. The fourth-order valence-electron chi connectivity index (χ4n) is 0.877. The average molecular weight is 241 g/mol. The lowest BCUT2D eigenvalue weighted by atomic mass is 10.3. The fourth-order valence-corrected chi connectivity index (χ4v) is 0.877. The molecule has 0 saturated carbocycles. The Morgan fingerprint density at radius 2 is 1.82 bits per heavy atom. The second-order valence-corrected chi connectivity index (χ2v) is 3.00. The Morgan fingerprint density at radius 1 is 1.24 bits per heavy atom. The quantitative estimate of drug-likeness (QED) is 0.846. The molecule has 4 heteroatoms. The van der Waals surface area contributed by atoms with Gasteiger partial charge < -0.3 is 16.2 Å². The maximum absolute atomic E-state index is 5.59. The Morgan fingerprint density at radius 3 is 2.29 bits per heavy atom. The maximum atomic E-state index is 5.59. The van der Waals surface area contributed by atoms with E-state index >= 15 is 0 Å². The van der Waals surface area contributed by atoms with Crippen molar-refractivity contribution in [3.05, 3.63) is 24.0 Å². The molecule has 0 fully saturated rings. The van der Waals surface area contributed by atoms with Crippen LogP contribution in [-0.4, -0.2) is 24.2 Å². The van der Waals surface area contributed by atoms with Gasteiger partial charge in [-0.05, 0) is 18.6 Å². The lowest BCUT2D eigenvalue weighted by Gasteiger charge is -2.10. The summed E-state index contributed by atoms with van der Waals surface area (Å²) in [6.45, 7) is 10.8. The van der Waals surface area contributed by atoms with Gasteiger partial charge in [-0.3, -0.25) is 4.98 Å². The van der Waals surface area contributed by atoms with Crippen LogP contribution >= 0.6 is 0 Å². The summed E-state index contributed by atoms with van der Waals surface area (Å²) in [7, 11) is 0. The van der Waals surface area contributed by atoms with Crippen LogP contribution in [0.25, 0.3) is 0 Å². The first-order valence-electron chi connectivity index (χ1n) is 6.22. The van der Waals surface area contributed by atoms with Crippen molar-refractivity contribution in [2.75, 3.05) is 13.2 Å². The highest BCUT2D eigenvalue weighted by Gasteiger charge is 2.00. The zero-order valence-electron chi connectivity index (χ0n) is 11.7. The van der Waals surface area contributed by atoms with E-state index in [0.29, 0.717) is 13.2 Å². The maximum Gasteiger partial charge on any atom is 0.137 e. The number of pyridine rings is 1. The van der Waals surface area contributed by atoms with Gasteiger partial charge in [0.25, 0.3) is 0 Å². The molecule has 0 saturated heterocycles. The highest BCUT2D eigenvalue weighted by atomic mass is 16.5. The minimum Gasteiger partial charge on any atom is -0.490 e. The van der Waals surface area contributed by atoms with Crippen molar-refractivity contribution in [3.8, 4) is 5.75 Å². The summed E-state index contributed by atoms with van der Waals surface area (Å²) in [4.78, 5) is 3.99. The molecule has 1 unspecified atom stereocenters. The molecule has 0 aromatic carbocycles. The lowest BCUT2D eigenvalue weighted by molar-refractivity contribution is 0.289. The molecule has 1 atom stereocenters. The molecule has 1 rings (SSSR count). The molecule has 0 aliphatic rings. The summed E-state index contributed by atoms with van der Waals surface area (Å²) < 4.78 is 5.37. The van der Waals surface area contributed by atoms with Gasteiger partial charge in [0.05, 0.1) is 12.2 Å². The van der Waals surface area contributed by atoms with Gasteiger partial charge in [0.1, 0.15) is 12.4 Å². The van der Waals surface area contributed by atoms with Crippen LogP contribution in [0.1, 0.15) is 33.3 Å². The number of hydrogen-bond donors (Lipinski definition) is 2. The Balaban J connectivity index is 0. The van der Waals surface area contributed by atoms with Crippen molar-refractivity contribution in [1.82, 2.24) is 4.98 Å². The Kier molecular flexibility index (Phi) is 13.9. The molecule has 4 N–H and O–H groups in total. The third kappa shape index (κ3) is 9.78. The van der Waals surface area contributed by atoms with Crippen LogP contribution in [-0.2, 0) is 0 Å². The monoisotopic (exact) mass is 241 g/mol. The molecule has 0 spiro atoms. The van der Waals surface area contributed by atoms with Gasteiger partial charge in [-0.2, -0.15) is 0 Å². The zero-order valence-corrected chi connectivity index (χ0v) is 11.7. The predicted octanol–water partition coefficient (Wildman–Crippen LogP) is 2.11. The van der Waals surface area contributed by atoms with E-state index in [-0.39, 0.29) is 6.04 Å². The lowest BCUT2D eigenvalue weighted by Crippen LogP contribution is -2.35. The van der Waals surface area contributed by atoms with Gasteiger partial charge in [-0.1, -0.05) is 27.7 Å². The number of nitrogens with zero attached hydrogens (tertiary/aromatic N) is 1. The van der Waals surface area contributed by atoms with Crippen molar-refractivity contribution >= 4 is 0 Å². The molecule has 100 valence electrons. The second-order valence-electron chi connectivity index (χ2n) is 3.00. The average Bonchev–Trinajstić information content (AvgIpc) is 2.40. The smallest absolute Gasteiger partial charge is 0.137 e. The number of nitrogens with two attached hydrogens (primary N) is 2. The van der Waals surface area contributed by atoms with Crippen LogP contribution in [0.5, 0.6) is 5.75 Å². The molecule has 0 radical (unpaired) electrons. The number of hydrogen-bond acceptors (Lipinski definition) is 4. The van der Waals surface area contributed by atoms with Crippen LogP contribution in [0.2, 0.25) is 0 Å². The van der Waals surface area contributed by atoms with Crippen LogP contribution in [0.3, 0.4) is 0 Å². The fraction of sp³-hybridized carbons (Fsp3) is 0.615. The molecule has 0 bridgehead atoms. The van der Waals surface area contributed by atoms with E-state index in [1.165, 1.54) is 0 Å². The number of aryl methyl sites for hydroxylation is 1. The first-order valence-corrected chi connectivity index (χ1v) is 6.22. The standard InChI is InChI=1S/C9H15N3O.2C2H6/c1-7-2-9(5-12-4-7)13-6-8(11)3-10;2*1-2/h2,4-5,8H,3,6,10-11H2,1H3;2*1-2H3. The van der Waals surface area contributed by atoms with Crippen LogP contribution in [0.4, 0.5) is 0 Å². The zero-order chi connectivity index (χ0) is 13.7. The number of rotatable bonds is 4. The Hall–Kier alpha value is -1.13. The van der Waals surface area contributed by atoms with Crippen molar-refractivity contribution in [3.63, 3.8) is 0 Å². The van der Waals surface area contributed by atoms with E-state index in [4.69, 9.17) is 16.2 Å². The summed E-state index contributed by atoms with van der Waals surface area (Å²) in [6, 6.07) is 1.80. The van der Waals surface area contributed by atoms with Crippen LogP contribution in [0, 0.1) is 6.92 Å². The van der Waals surface area contributed by atoms with E-state index in [1.54, 1.807) is 12.4 Å². The molecule has 17 heavy (non-hydrogen) atoms. The molecule has 1 aromatic rings. The summed E-state index contributed by atoms with van der Waals surface area (Å²) in [5.74, 6) is 0.740. The van der Waals surface area contributed by atoms with Crippen molar-refractivity contribution in [2.24, 2.45) is 11.5 Å². The summed E-state index contributed by atoms with van der Waals surface area (Å²) in [5, 5.41) is 0. The van der Waals surface area contributed by atoms with E-state index in [9.17, 15) is 0 Å². The van der Waals surface area contributed by atoms with Crippen molar-refractivity contribution < 1.29 is 4.74 Å². The Bertz CT molecular complexity index is 267. The predicted molar refractivity (Wildman–Crippen MR) is 74.2 cm³/mol. The summed E-state index contributed by atoms with van der Waals surface area (Å²) in [5.41, 5.74) is 12.0. The topological polar surface area (TPSA) is 74.2 Å². The molecule has 0 aliphatic heterocycles. The molecule has 0 aliphatic carbocycles. The largest absolute Gasteiger partial charge is 0.490 e. The van der Waals surface area contributed by atoms with Gasteiger partial charge >= 0.3 is 0 Å². The molecule has 4 nitrogen and oxygen atoms in total. The van der Waals surface area contributed by atoms with Gasteiger partial charge in [0.15, 0.2) is 0 Å². The normalized spacial score (nSPS) is 10.3. The minimum atomic E-state index is -0.111. The number of ether oxygens (including phenoxy) is 1. The number of aromatic nitrogens is 1. The first-order chi connectivity index (χ1) is 8.22. The van der Waals surface area contributed by atoms with Gasteiger partial charge in [-0.25, -0.2) is 0 Å². The van der Waals surface area contributed by atoms with Crippen molar-refractivity contribution in [2.45, 2.75) is 40.7 Å². The molecular formula is C13H27N3O. The van der Waals surface area contributed by atoms with E-state index < -0.39 is 0 Å². The highest BCUT2D eigenvalue weighted by molar-refractivity contribution is 5.22. The minimum absolute atomic E-state index is 0.111. The van der Waals surface area contributed by atoms with Crippen LogP contribution < -0.4 is 16.2 Å². The van der Waals surface area contributed by atoms with E-state index in [2.05, 4.69) is 4.98 Å². The van der Waals surface area contributed by atoms with Gasteiger partial charge in [-0.15, -0.1) is 0 Å². The molecule has 1 aromatic heterocycles. The molecular weight excluding hydrogens is 214 g/mol. The van der Waals surface area contributed by atoms with Gasteiger partial charge in [0.2, 0.25) is 0 Å². The molecule has 0 amide bonds. The van der Waals surface area contributed by atoms with Gasteiger partial charge in [0, 0.05) is 12.7 Å². The second kappa shape index (κ2) is 12.9. The third-order valence-electron chi connectivity index (χ3n) is 1.62. The first kappa shape index (κ1) is 18.2. The highest BCUT2D eigenvalue weighted by Crippen LogP contribution is 2.09. The third-order valence-corrected chi connectivity index (χ3v) is 1.62. The summed E-state index contributed by atoms with van der Waals surface area (Å²) in [6.07, 6.45) is 3.44. The van der Waals surface area contributed by atoms with E-state index in [1.807, 2.05) is 40.7 Å². The van der Waals surface area contributed by atoms with E-state index in [0.717, 1.165) is 11.3 Å². The summed E-state index contributed by atoms with van der Waals surface area (Å²) >= 11 is 0.